The van der Waals surface area contributed by atoms with Crippen LogP contribution in [-0.2, 0) is 22.6 Å². The number of amides is 4. The van der Waals surface area contributed by atoms with Crippen molar-refractivity contribution in [3.05, 3.63) is 66.2 Å². The normalized spacial score (nSPS) is 13.0. The van der Waals surface area contributed by atoms with Gasteiger partial charge < -0.3 is 20.1 Å². The predicted molar refractivity (Wildman–Crippen MR) is 111 cm³/mol. The minimum Gasteiger partial charge on any atom is -0.493 e. The van der Waals surface area contributed by atoms with Crippen LogP contribution in [0, 0.1) is 0 Å². The highest BCUT2D eigenvalue weighted by Crippen LogP contribution is 2.28. The smallest absolute Gasteiger partial charge is 0.324 e. The molecule has 0 atom stereocenters. The minimum atomic E-state index is -0.420. The molecular formula is C22H23N3O5. The third kappa shape index (κ3) is 5.16. The number of benzene rings is 2. The molecule has 0 aliphatic carbocycles. The highest BCUT2D eigenvalue weighted by atomic mass is 16.5. The van der Waals surface area contributed by atoms with Crippen molar-refractivity contribution >= 4 is 23.5 Å². The lowest BCUT2D eigenvalue weighted by Crippen LogP contribution is -2.30. The quantitative estimate of drug-likeness (QED) is 0.490. The largest absolute Gasteiger partial charge is 0.493 e. The van der Waals surface area contributed by atoms with Crippen molar-refractivity contribution in [1.29, 1.82) is 0 Å². The van der Waals surface area contributed by atoms with Crippen molar-refractivity contribution in [3.63, 3.8) is 0 Å². The number of anilines is 1. The molecule has 0 radical (unpaired) electrons. The number of hydrogen-bond acceptors (Lipinski definition) is 5. The van der Waals surface area contributed by atoms with Gasteiger partial charge in [-0.2, -0.15) is 0 Å². The Labute approximate surface area is 174 Å². The molecule has 1 aliphatic heterocycles. The third-order valence-electron chi connectivity index (χ3n) is 4.46. The number of carbonyl (C=O) groups excluding carboxylic acids is 3. The Kier molecular flexibility index (Phi) is 6.69. The maximum Gasteiger partial charge on any atom is 0.324 e. The number of ether oxygens (including phenoxy) is 2. The van der Waals surface area contributed by atoms with Crippen LogP contribution in [0.3, 0.4) is 0 Å². The SMILES string of the molecule is C=CCc1ccc(OCC(=O)Nc2cccc(CN3C(=O)CNC3=O)c2)c(OC)c1. The summed E-state index contributed by atoms with van der Waals surface area (Å²) in [5.74, 6) is 0.376. The Bertz CT molecular complexity index is 957. The molecule has 0 spiro atoms. The molecule has 8 heteroatoms. The molecule has 0 saturated carbocycles. The van der Waals surface area contributed by atoms with Gasteiger partial charge in [0.1, 0.15) is 0 Å². The first-order valence-corrected chi connectivity index (χ1v) is 9.37. The molecule has 0 unspecified atom stereocenters. The second-order valence-electron chi connectivity index (χ2n) is 6.65. The first kappa shape index (κ1) is 20.9. The van der Waals surface area contributed by atoms with E-state index >= 15 is 0 Å². The van der Waals surface area contributed by atoms with Gasteiger partial charge in [-0.05, 0) is 41.8 Å². The van der Waals surface area contributed by atoms with E-state index in [4.69, 9.17) is 9.47 Å². The van der Waals surface area contributed by atoms with Gasteiger partial charge in [0.15, 0.2) is 18.1 Å². The zero-order chi connectivity index (χ0) is 21.5. The first-order chi connectivity index (χ1) is 14.5. The molecule has 30 heavy (non-hydrogen) atoms. The summed E-state index contributed by atoms with van der Waals surface area (Å²) in [5, 5.41) is 5.22. The Morgan fingerprint density at radius 1 is 1.20 bits per heavy atom. The average Bonchev–Trinajstić information content (AvgIpc) is 3.05. The molecule has 8 nitrogen and oxygen atoms in total. The Morgan fingerprint density at radius 2 is 2.03 bits per heavy atom. The van der Waals surface area contributed by atoms with Gasteiger partial charge in [0.25, 0.3) is 5.91 Å². The van der Waals surface area contributed by atoms with Gasteiger partial charge in [-0.25, -0.2) is 4.79 Å². The summed E-state index contributed by atoms with van der Waals surface area (Å²) >= 11 is 0. The van der Waals surface area contributed by atoms with Crippen LogP contribution in [0.15, 0.2) is 55.1 Å². The molecule has 156 valence electrons. The van der Waals surface area contributed by atoms with Crippen molar-refractivity contribution in [2.75, 3.05) is 25.6 Å². The summed E-state index contributed by atoms with van der Waals surface area (Å²) in [6.45, 7) is 3.65. The lowest BCUT2D eigenvalue weighted by atomic mass is 10.1. The van der Waals surface area contributed by atoms with Crippen LogP contribution in [-0.4, -0.2) is 43.0 Å². The molecule has 0 aromatic heterocycles. The van der Waals surface area contributed by atoms with Gasteiger partial charge in [-0.15, -0.1) is 6.58 Å². The second-order valence-corrected chi connectivity index (χ2v) is 6.65. The highest BCUT2D eigenvalue weighted by molar-refractivity contribution is 6.01. The number of rotatable bonds is 9. The van der Waals surface area contributed by atoms with E-state index in [1.165, 1.54) is 7.11 Å². The van der Waals surface area contributed by atoms with E-state index in [-0.39, 0.29) is 31.5 Å². The van der Waals surface area contributed by atoms with Gasteiger partial charge in [0, 0.05) is 5.69 Å². The molecule has 2 N–H and O–H groups in total. The highest BCUT2D eigenvalue weighted by Gasteiger charge is 2.28. The second kappa shape index (κ2) is 9.60. The molecule has 2 aromatic carbocycles. The fourth-order valence-corrected chi connectivity index (χ4v) is 3.01. The van der Waals surface area contributed by atoms with E-state index in [9.17, 15) is 14.4 Å². The lowest BCUT2D eigenvalue weighted by Gasteiger charge is -2.14. The topological polar surface area (TPSA) is 97.0 Å². The third-order valence-corrected chi connectivity index (χ3v) is 4.46. The summed E-state index contributed by atoms with van der Waals surface area (Å²) in [4.78, 5) is 36.8. The molecule has 0 bridgehead atoms. The summed E-state index contributed by atoms with van der Waals surface area (Å²) in [5.41, 5.74) is 2.29. The van der Waals surface area contributed by atoms with Crippen LogP contribution >= 0.6 is 0 Å². The molecule has 3 rings (SSSR count). The molecule has 1 heterocycles. The lowest BCUT2D eigenvalue weighted by molar-refractivity contribution is -0.125. The van der Waals surface area contributed by atoms with Gasteiger partial charge in [-0.3, -0.25) is 14.5 Å². The number of carbonyl (C=O) groups is 3. The fourth-order valence-electron chi connectivity index (χ4n) is 3.01. The molecule has 2 aromatic rings. The van der Waals surface area contributed by atoms with Gasteiger partial charge >= 0.3 is 6.03 Å². The van der Waals surface area contributed by atoms with E-state index in [1.807, 2.05) is 12.1 Å². The van der Waals surface area contributed by atoms with Crippen LogP contribution in [0.2, 0.25) is 0 Å². The van der Waals surface area contributed by atoms with Gasteiger partial charge in [0.2, 0.25) is 5.91 Å². The van der Waals surface area contributed by atoms with E-state index in [0.29, 0.717) is 23.6 Å². The van der Waals surface area contributed by atoms with Gasteiger partial charge in [-0.1, -0.05) is 24.3 Å². The fraction of sp³-hybridized carbons (Fsp3) is 0.227. The number of urea groups is 1. The Morgan fingerprint density at radius 3 is 2.73 bits per heavy atom. The van der Waals surface area contributed by atoms with E-state index in [2.05, 4.69) is 17.2 Å². The van der Waals surface area contributed by atoms with E-state index in [1.54, 1.807) is 36.4 Å². The van der Waals surface area contributed by atoms with Crippen molar-refractivity contribution in [3.8, 4) is 11.5 Å². The zero-order valence-corrected chi connectivity index (χ0v) is 16.6. The van der Waals surface area contributed by atoms with E-state index in [0.717, 1.165) is 16.0 Å². The van der Waals surface area contributed by atoms with Gasteiger partial charge in [0.05, 0.1) is 20.2 Å². The monoisotopic (exact) mass is 409 g/mol. The van der Waals surface area contributed by atoms with Crippen LogP contribution in [0.25, 0.3) is 0 Å². The predicted octanol–water partition coefficient (Wildman–Crippen LogP) is 2.49. The first-order valence-electron chi connectivity index (χ1n) is 9.37. The number of nitrogens with one attached hydrogen (secondary N) is 2. The Balaban J connectivity index is 1.58. The number of allylic oxidation sites excluding steroid dienone is 1. The van der Waals surface area contributed by atoms with Crippen LogP contribution in [0.1, 0.15) is 11.1 Å². The maximum absolute atomic E-state index is 12.3. The molecule has 1 aliphatic rings. The molecular weight excluding hydrogens is 386 g/mol. The number of imide groups is 1. The average molecular weight is 409 g/mol. The van der Waals surface area contributed by atoms with Crippen LogP contribution in [0.5, 0.6) is 11.5 Å². The molecule has 1 saturated heterocycles. The number of nitrogens with zero attached hydrogens (tertiary/aromatic N) is 1. The maximum atomic E-state index is 12.3. The number of hydrogen-bond donors (Lipinski definition) is 2. The van der Waals surface area contributed by atoms with Crippen molar-refractivity contribution < 1.29 is 23.9 Å². The Hall–Kier alpha value is -3.81. The van der Waals surface area contributed by atoms with Crippen molar-refractivity contribution in [2.45, 2.75) is 13.0 Å². The van der Waals surface area contributed by atoms with Crippen LogP contribution < -0.4 is 20.1 Å². The summed E-state index contributed by atoms with van der Waals surface area (Å²) in [7, 11) is 1.54. The standard InChI is InChI=1S/C22H23N3O5/c1-3-5-15-8-9-18(19(11-15)29-2)30-14-20(26)24-17-7-4-6-16(10-17)13-25-21(27)12-23-22(25)28/h3-4,6-11H,1,5,12-14H2,2H3,(H,23,28)(H,24,26). The number of methoxy groups -OCH3 is 1. The minimum absolute atomic E-state index is 0.00459. The summed E-state index contributed by atoms with van der Waals surface area (Å²) in [6.07, 6.45) is 2.50. The van der Waals surface area contributed by atoms with Crippen molar-refractivity contribution in [1.82, 2.24) is 10.2 Å². The zero-order valence-electron chi connectivity index (χ0n) is 16.6. The molecule has 4 amide bonds. The molecule has 1 fully saturated rings. The van der Waals surface area contributed by atoms with E-state index < -0.39 is 6.03 Å². The summed E-state index contributed by atoms with van der Waals surface area (Å²) < 4.78 is 10.9. The van der Waals surface area contributed by atoms with Crippen LogP contribution in [0.4, 0.5) is 10.5 Å². The van der Waals surface area contributed by atoms with Crippen molar-refractivity contribution in [2.24, 2.45) is 0 Å². The summed E-state index contributed by atoms with van der Waals surface area (Å²) in [6, 6.07) is 12.0.